The lowest BCUT2D eigenvalue weighted by Gasteiger charge is -2.41. The van der Waals surface area contributed by atoms with Crippen molar-refractivity contribution in [2.45, 2.75) is 33.7 Å². The molecule has 2 heterocycles. The zero-order valence-electron chi connectivity index (χ0n) is 15.4. The van der Waals surface area contributed by atoms with Gasteiger partial charge in [0.2, 0.25) is 0 Å². The molecule has 2 atom stereocenters. The van der Waals surface area contributed by atoms with Crippen LogP contribution in [0.1, 0.15) is 33.0 Å². The first-order valence-corrected chi connectivity index (χ1v) is 9.27. The fourth-order valence-corrected chi connectivity index (χ4v) is 3.71. The van der Waals surface area contributed by atoms with E-state index in [0.29, 0.717) is 24.0 Å². The molecule has 1 saturated heterocycles. The molecule has 0 saturated carbocycles. The van der Waals surface area contributed by atoms with Crippen molar-refractivity contribution in [3.8, 4) is 11.3 Å². The lowest BCUT2D eigenvalue weighted by Crippen LogP contribution is -2.46. The van der Waals surface area contributed by atoms with Crippen molar-refractivity contribution in [3.63, 3.8) is 0 Å². The van der Waals surface area contributed by atoms with Crippen LogP contribution in [0.5, 0.6) is 0 Å². The van der Waals surface area contributed by atoms with E-state index in [9.17, 15) is 9.90 Å². The van der Waals surface area contributed by atoms with E-state index in [0.717, 1.165) is 30.0 Å². The number of benzene rings is 1. The van der Waals surface area contributed by atoms with Crippen molar-refractivity contribution >= 4 is 17.6 Å². The highest BCUT2D eigenvalue weighted by Crippen LogP contribution is 2.36. The molecule has 0 radical (unpaired) electrons. The van der Waals surface area contributed by atoms with Gasteiger partial charge in [-0.05, 0) is 29.9 Å². The average Bonchev–Trinajstić information content (AvgIpc) is 3.02. The topological polar surface area (TPSA) is 66.6 Å². The summed E-state index contributed by atoms with van der Waals surface area (Å²) in [5, 5.41) is 14.3. The molecular weight excluding hydrogens is 352 g/mol. The number of carboxylic acid groups (broad SMARTS) is 1. The van der Waals surface area contributed by atoms with Crippen LogP contribution in [0.4, 0.5) is 0 Å². The maximum atomic E-state index is 11.6. The van der Waals surface area contributed by atoms with Gasteiger partial charge in [-0.2, -0.15) is 0 Å². The van der Waals surface area contributed by atoms with Gasteiger partial charge in [-0.25, -0.2) is 0 Å². The number of nitrogens with zero attached hydrogens (tertiary/aromatic N) is 2. The first kappa shape index (κ1) is 18.9. The van der Waals surface area contributed by atoms with Crippen molar-refractivity contribution < 1.29 is 14.4 Å². The Morgan fingerprint density at radius 1 is 1.35 bits per heavy atom. The molecule has 1 aliphatic heterocycles. The van der Waals surface area contributed by atoms with Gasteiger partial charge in [-0.15, -0.1) is 0 Å². The Hall–Kier alpha value is -1.85. The highest BCUT2D eigenvalue weighted by atomic mass is 35.5. The molecule has 3 rings (SSSR count). The van der Waals surface area contributed by atoms with Crippen molar-refractivity contribution in [2.24, 2.45) is 17.3 Å². The Labute approximate surface area is 158 Å². The quantitative estimate of drug-likeness (QED) is 0.846. The number of carbonyl (C=O) groups is 1. The van der Waals surface area contributed by atoms with Crippen molar-refractivity contribution in [2.75, 3.05) is 13.1 Å². The molecule has 140 valence electrons. The Balaban J connectivity index is 1.74. The fraction of sp³-hybridized carbons (Fsp3) is 0.500. The average molecular weight is 377 g/mol. The Bertz CT molecular complexity index is 781. The highest BCUT2D eigenvalue weighted by molar-refractivity contribution is 6.30. The Kier molecular flexibility index (Phi) is 5.39. The molecule has 1 aromatic carbocycles. The monoisotopic (exact) mass is 376 g/mol. The van der Waals surface area contributed by atoms with Gasteiger partial charge >= 0.3 is 5.97 Å². The van der Waals surface area contributed by atoms with E-state index >= 15 is 0 Å². The van der Waals surface area contributed by atoms with Gasteiger partial charge in [0.15, 0.2) is 5.76 Å². The summed E-state index contributed by atoms with van der Waals surface area (Å²) < 4.78 is 5.50. The van der Waals surface area contributed by atoms with Gasteiger partial charge in [-0.1, -0.05) is 49.7 Å². The van der Waals surface area contributed by atoms with Crippen LogP contribution < -0.4 is 0 Å². The summed E-state index contributed by atoms with van der Waals surface area (Å²) in [7, 11) is 0. The van der Waals surface area contributed by atoms with Gasteiger partial charge in [0.25, 0.3) is 0 Å². The lowest BCUT2D eigenvalue weighted by atomic mass is 9.73. The van der Waals surface area contributed by atoms with E-state index in [1.807, 2.05) is 30.3 Å². The molecule has 2 unspecified atom stereocenters. The van der Waals surface area contributed by atoms with Crippen LogP contribution in [0.25, 0.3) is 11.3 Å². The number of aliphatic carboxylic acids is 1. The van der Waals surface area contributed by atoms with Crippen LogP contribution in [-0.4, -0.2) is 34.2 Å². The number of hydrogen-bond donors (Lipinski definition) is 1. The minimum absolute atomic E-state index is 0.0692. The van der Waals surface area contributed by atoms with Gasteiger partial charge in [0.05, 0.1) is 12.5 Å². The molecule has 0 amide bonds. The normalized spacial score (nSPS) is 21.7. The standard InChI is InChI=1S/C20H25ClN2O3/c1-20(2,3)15-7-14(19(24)25)10-23(11-15)12-17-9-18(22-26-17)13-5-4-6-16(21)8-13/h4-6,8-9,14-15H,7,10-12H2,1-3H3,(H,24,25). The second kappa shape index (κ2) is 7.41. The third-order valence-corrected chi connectivity index (χ3v) is 5.39. The summed E-state index contributed by atoms with van der Waals surface area (Å²) in [6.07, 6.45) is 0.722. The van der Waals surface area contributed by atoms with E-state index in [1.54, 1.807) is 0 Å². The van der Waals surface area contributed by atoms with Crippen LogP contribution in [0.3, 0.4) is 0 Å². The Morgan fingerprint density at radius 2 is 2.12 bits per heavy atom. The minimum Gasteiger partial charge on any atom is -0.481 e. The van der Waals surface area contributed by atoms with Gasteiger partial charge in [0.1, 0.15) is 5.69 Å². The molecule has 2 aromatic rings. The molecule has 1 N–H and O–H groups in total. The SMILES string of the molecule is CC(C)(C)C1CC(C(=O)O)CN(Cc2cc(-c3cccc(Cl)c3)no2)C1. The Morgan fingerprint density at radius 3 is 2.77 bits per heavy atom. The number of aromatic nitrogens is 1. The third kappa shape index (κ3) is 4.46. The first-order chi connectivity index (χ1) is 12.2. The van der Waals surface area contributed by atoms with Gasteiger partial charge < -0.3 is 9.63 Å². The van der Waals surface area contributed by atoms with Crippen molar-refractivity contribution in [1.29, 1.82) is 0 Å². The number of halogens is 1. The lowest BCUT2D eigenvalue weighted by molar-refractivity contribution is -0.145. The predicted molar refractivity (Wildman–Crippen MR) is 101 cm³/mol. The smallest absolute Gasteiger partial charge is 0.307 e. The molecule has 1 aromatic heterocycles. The number of rotatable bonds is 4. The molecule has 0 spiro atoms. The number of hydrogen-bond acceptors (Lipinski definition) is 4. The molecular formula is C20H25ClN2O3. The second-order valence-electron chi connectivity index (χ2n) is 8.22. The fourth-order valence-electron chi connectivity index (χ4n) is 3.52. The summed E-state index contributed by atoms with van der Waals surface area (Å²) in [4.78, 5) is 13.7. The summed E-state index contributed by atoms with van der Waals surface area (Å²) in [5.41, 5.74) is 1.71. The van der Waals surface area contributed by atoms with Gasteiger partial charge in [-0.3, -0.25) is 9.69 Å². The number of piperidine rings is 1. The third-order valence-electron chi connectivity index (χ3n) is 5.16. The molecule has 0 bridgehead atoms. The maximum absolute atomic E-state index is 11.6. The summed E-state index contributed by atoms with van der Waals surface area (Å²) >= 11 is 6.04. The van der Waals surface area contributed by atoms with Crippen molar-refractivity contribution in [3.05, 3.63) is 41.1 Å². The minimum atomic E-state index is -0.721. The van der Waals surface area contributed by atoms with Crippen LogP contribution in [0, 0.1) is 17.3 Å². The molecule has 6 heteroatoms. The summed E-state index contributed by atoms with van der Waals surface area (Å²) in [6, 6.07) is 9.38. The van der Waals surface area contributed by atoms with Crippen LogP contribution in [-0.2, 0) is 11.3 Å². The van der Waals surface area contributed by atoms with E-state index in [-0.39, 0.29) is 11.3 Å². The van der Waals surface area contributed by atoms with E-state index in [2.05, 4.69) is 30.8 Å². The van der Waals surface area contributed by atoms with Crippen LogP contribution >= 0.6 is 11.6 Å². The maximum Gasteiger partial charge on any atom is 0.307 e. The van der Waals surface area contributed by atoms with Gasteiger partial charge in [0, 0.05) is 29.7 Å². The number of carboxylic acids is 1. The van der Waals surface area contributed by atoms with E-state index in [1.165, 1.54) is 0 Å². The molecule has 0 aliphatic carbocycles. The first-order valence-electron chi connectivity index (χ1n) is 8.89. The predicted octanol–water partition coefficient (Wildman–Crippen LogP) is 4.56. The van der Waals surface area contributed by atoms with Crippen LogP contribution in [0.2, 0.25) is 5.02 Å². The molecule has 1 aliphatic rings. The molecule has 5 nitrogen and oxygen atoms in total. The van der Waals surface area contributed by atoms with Crippen molar-refractivity contribution in [1.82, 2.24) is 10.1 Å². The summed E-state index contributed by atoms with van der Waals surface area (Å²) in [5.74, 6) is -0.00391. The summed E-state index contributed by atoms with van der Waals surface area (Å²) in [6.45, 7) is 8.48. The zero-order valence-corrected chi connectivity index (χ0v) is 16.2. The largest absolute Gasteiger partial charge is 0.481 e. The molecule has 1 fully saturated rings. The van der Waals surface area contributed by atoms with E-state index < -0.39 is 5.97 Å². The molecule has 26 heavy (non-hydrogen) atoms. The number of likely N-dealkylation sites (tertiary alicyclic amines) is 1. The second-order valence-corrected chi connectivity index (χ2v) is 8.65. The zero-order chi connectivity index (χ0) is 18.9. The van der Waals surface area contributed by atoms with E-state index in [4.69, 9.17) is 16.1 Å². The highest BCUT2D eigenvalue weighted by Gasteiger charge is 2.37. The van der Waals surface area contributed by atoms with Crippen LogP contribution in [0.15, 0.2) is 34.9 Å².